The largest absolute Gasteiger partial charge is 0.495 e. The first-order valence-electron chi connectivity index (χ1n) is 5.90. The minimum atomic E-state index is -0.410. The molecule has 0 saturated heterocycles. The number of hydrogen-bond donors (Lipinski definition) is 1. The van der Waals surface area contributed by atoms with Gasteiger partial charge in [0.15, 0.2) is 0 Å². The van der Waals surface area contributed by atoms with Crippen LogP contribution < -0.4 is 14.8 Å². The Hall–Kier alpha value is -1.98. The van der Waals surface area contributed by atoms with Gasteiger partial charge in [0.1, 0.15) is 16.7 Å². The van der Waals surface area contributed by atoms with Crippen molar-refractivity contribution in [3.8, 4) is 11.5 Å². The molecule has 5 nitrogen and oxygen atoms in total. The molecule has 0 aliphatic heterocycles. The van der Waals surface area contributed by atoms with E-state index in [1.807, 2.05) is 0 Å². The molecular weight excluding hydrogens is 315 g/mol. The number of nitrogens with one attached hydrogen (secondary N) is 1. The maximum absolute atomic E-state index is 12.2. The Balaban J connectivity index is 2.33. The van der Waals surface area contributed by atoms with Crippen LogP contribution in [-0.2, 0) is 0 Å². The molecular formula is C14H12Cl2N2O3. The van der Waals surface area contributed by atoms with Gasteiger partial charge in [0.05, 0.1) is 30.5 Å². The molecule has 21 heavy (non-hydrogen) atoms. The lowest BCUT2D eigenvalue weighted by molar-refractivity contribution is 0.102. The minimum Gasteiger partial charge on any atom is -0.495 e. The van der Waals surface area contributed by atoms with Crippen molar-refractivity contribution in [2.24, 2.45) is 0 Å². The van der Waals surface area contributed by atoms with Crippen molar-refractivity contribution in [2.45, 2.75) is 0 Å². The molecule has 0 saturated carbocycles. The summed E-state index contributed by atoms with van der Waals surface area (Å²) in [7, 11) is 2.98. The van der Waals surface area contributed by atoms with Gasteiger partial charge < -0.3 is 14.8 Å². The summed E-state index contributed by atoms with van der Waals surface area (Å²) in [4.78, 5) is 16.1. The number of nitrogens with zero attached hydrogens (tertiary/aromatic N) is 1. The summed E-state index contributed by atoms with van der Waals surface area (Å²) in [6.07, 6.45) is 1.50. The number of methoxy groups -OCH3 is 2. The maximum atomic E-state index is 12.2. The molecule has 0 bridgehead atoms. The molecule has 1 heterocycles. The number of carbonyl (C=O) groups excluding carboxylic acids is 1. The fourth-order valence-corrected chi connectivity index (χ4v) is 2.15. The number of rotatable bonds is 4. The second-order valence-electron chi connectivity index (χ2n) is 3.98. The summed E-state index contributed by atoms with van der Waals surface area (Å²) in [5, 5.41) is 3.15. The topological polar surface area (TPSA) is 60.5 Å². The van der Waals surface area contributed by atoms with Crippen LogP contribution in [0.3, 0.4) is 0 Å². The third-order valence-electron chi connectivity index (χ3n) is 2.73. The van der Waals surface area contributed by atoms with E-state index in [1.54, 1.807) is 24.3 Å². The van der Waals surface area contributed by atoms with Gasteiger partial charge in [-0.3, -0.25) is 4.79 Å². The molecule has 1 aromatic heterocycles. The van der Waals surface area contributed by atoms with Crippen LogP contribution in [0.1, 0.15) is 10.4 Å². The summed E-state index contributed by atoms with van der Waals surface area (Å²) in [5.41, 5.74) is 0.668. The second kappa shape index (κ2) is 6.65. The molecule has 0 aliphatic carbocycles. The van der Waals surface area contributed by atoms with Gasteiger partial charge in [-0.2, -0.15) is 0 Å². The number of halogens is 2. The zero-order valence-electron chi connectivity index (χ0n) is 11.3. The molecule has 0 radical (unpaired) electrons. The lowest BCUT2D eigenvalue weighted by Gasteiger charge is -2.13. The van der Waals surface area contributed by atoms with E-state index in [1.165, 1.54) is 20.4 Å². The Morgan fingerprint density at radius 1 is 1.19 bits per heavy atom. The smallest absolute Gasteiger partial charge is 0.258 e. The van der Waals surface area contributed by atoms with Crippen molar-refractivity contribution in [3.63, 3.8) is 0 Å². The van der Waals surface area contributed by atoms with Crippen LogP contribution >= 0.6 is 23.2 Å². The van der Waals surface area contributed by atoms with Crippen LogP contribution in [0.25, 0.3) is 0 Å². The van der Waals surface area contributed by atoms with Crippen molar-refractivity contribution >= 4 is 34.8 Å². The average Bonchev–Trinajstić information content (AvgIpc) is 2.48. The molecule has 2 aromatic rings. The number of aromatic nitrogens is 1. The van der Waals surface area contributed by atoms with E-state index in [2.05, 4.69) is 10.3 Å². The Morgan fingerprint density at radius 3 is 2.52 bits per heavy atom. The van der Waals surface area contributed by atoms with Crippen molar-refractivity contribution in [1.29, 1.82) is 0 Å². The van der Waals surface area contributed by atoms with E-state index >= 15 is 0 Å². The third-order valence-corrected chi connectivity index (χ3v) is 3.32. The van der Waals surface area contributed by atoms with Gasteiger partial charge in [0.25, 0.3) is 5.91 Å². The van der Waals surface area contributed by atoms with Gasteiger partial charge in [-0.05, 0) is 18.2 Å². The molecule has 110 valence electrons. The number of ether oxygens (including phenoxy) is 2. The minimum absolute atomic E-state index is 0.119. The van der Waals surface area contributed by atoms with Crippen LogP contribution in [0.15, 0.2) is 30.5 Å². The highest BCUT2D eigenvalue weighted by Gasteiger charge is 2.15. The van der Waals surface area contributed by atoms with Crippen LogP contribution in [0.5, 0.6) is 11.5 Å². The van der Waals surface area contributed by atoms with Crippen molar-refractivity contribution in [3.05, 3.63) is 46.2 Å². The fourth-order valence-electron chi connectivity index (χ4n) is 1.70. The number of anilines is 1. The predicted octanol–water partition coefficient (Wildman–Crippen LogP) is 3.66. The van der Waals surface area contributed by atoms with E-state index in [4.69, 9.17) is 32.7 Å². The van der Waals surface area contributed by atoms with Gasteiger partial charge in [0.2, 0.25) is 0 Å². The SMILES string of the molecule is COc1cc(OC)c(NC(=O)c2cccnc2Cl)cc1Cl. The normalized spacial score (nSPS) is 10.1. The second-order valence-corrected chi connectivity index (χ2v) is 4.75. The van der Waals surface area contributed by atoms with Crippen LogP contribution in [0.4, 0.5) is 5.69 Å². The first kappa shape index (κ1) is 15.4. The highest BCUT2D eigenvalue weighted by molar-refractivity contribution is 6.34. The first-order valence-corrected chi connectivity index (χ1v) is 6.65. The Labute approximate surface area is 131 Å². The van der Waals surface area contributed by atoms with Gasteiger partial charge in [-0.1, -0.05) is 23.2 Å². The van der Waals surface area contributed by atoms with E-state index < -0.39 is 5.91 Å². The van der Waals surface area contributed by atoms with Gasteiger partial charge in [0, 0.05) is 12.3 Å². The number of carbonyl (C=O) groups is 1. The van der Waals surface area contributed by atoms with E-state index in [0.717, 1.165) is 0 Å². The Morgan fingerprint density at radius 2 is 1.90 bits per heavy atom. The lowest BCUT2D eigenvalue weighted by Crippen LogP contribution is -2.13. The molecule has 1 N–H and O–H groups in total. The average molecular weight is 327 g/mol. The first-order chi connectivity index (χ1) is 10.1. The predicted molar refractivity (Wildman–Crippen MR) is 81.8 cm³/mol. The number of amides is 1. The van der Waals surface area contributed by atoms with E-state index in [-0.39, 0.29) is 10.7 Å². The summed E-state index contributed by atoms with van der Waals surface area (Å²) in [6, 6.07) is 6.32. The lowest BCUT2D eigenvalue weighted by atomic mass is 10.2. The van der Waals surface area contributed by atoms with Crippen LogP contribution in [-0.4, -0.2) is 25.1 Å². The monoisotopic (exact) mass is 326 g/mol. The molecule has 0 atom stereocenters. The molecule has 0 aliphatic rings. The number of pyridine rings is 1. The van der Waals surface area contributed by atoms with E-state index in [0.29, 0.717) is 22.2 Å². The highest BCUT2D eigenvalue weighted by Crippen LogP contribution is 2.36. The zero-order valence-corrected chi connectivity index (χ0v) is 12.8. The fraction of sp³-hybridized carbons (Fsp3) is 0.143. The summed E-state index contributed by atoms with van der Waals surface area (Å²) in [5.74, 6) is 0.461. The quantitative estimate of drug-likeness (QED) is 0.871. The maximum Gasteiger partial charge on any atom is 0.258 e. The summed E-state index contributed by atoms with van der Waals surface area (Å²) in [6.45, 7) is 0. The molecule has 1 amide bonds. The molecule has 0 unspecified atom stereocenters. The third kappa shape index (κ3) is 3.37. The molecule has 2 rings (SSSR count). The standard InChI is InChI=1S/C14H12Cl2N2O3/c1-20-11-7-12(21-2)10(6-9(11)15)18-14(19)8-4-3-5-17-13(8)16/h3-7H,1-2H3,(H,18,19). The van der Waals surface area contributed by atoms with Crippen molar-refractivity contribution in [2.75, 3.05) is 19.5 Å². The number of hydrogen-bond acceptors (Lipinski definition) is 4. The van der Waals surface area contributed by atoms with Crippen LogP contribution in [0, 0.1) is 0 Å². The molecule has 1 aromatic carbocycles. The molecule has 0 fully saturated rings. The van der Waals surface area contributed by atoms with Crippen LogP contribution in [0.2, 0.25) is 10.2 Å². The molecule has 7 heteroatoms. The Kier molecular flexibility index (Phi) is 4.88. The van der Waals surface area contributed by atoms with E-state index in [9.17, 15) is 4.79 Å². The van der Waals surface area contributed by atoms with Crippen molar-refractivity contribution < 1.29 is 14.3 Å². The zero-order chi connectivity index (χ0) is 15.4. The highest BCUT2D eigenvalue weighted by atomic mass is 35.5. The number of benzene rings is 1. The molecule has 0 spiro atoms. The van der Waals surface area contributed by atoms with Gasteiger partial charge in [-0.25, -0.2) is 4.98 Å². The Bertz CT molecular complexity index is 677. The summed E-state index contributed by atoms with van der Waals surface area (Å²) >= 11 is 11.9. The van der Waals surface area contributed by atoms with Crippen molar-refractivity contribution in [1.82, 2.24) is 4.98 Å². The van der Waals surface area contributed by atoms with Gasteiger partial charge in [-0.15, -0.1) is 0 Å². The van der Waals surface area contributed by atoms with Gasteiger partial charge >= 0.3 is 0 Å². The summed E-state index contributed by atoms with van der Waals surface area (Å²) < 4.78 is 10.3.